The third-order valence-corrected chi connectivity index (χ3v) is 4.78. The highest BCUT2D eigenvalue weighted by Crippen LogP contribution is 2.17. The first kappa shape index (κ1) is 16.2. The molecule has 0 unspecified atom stereocenters. The number of hydrogen-bond acceptors (Lipinski definition) is 4. The van der Waals surface area contributed by atoms with Crippen molar-refractivity contribution in [2.45, 2.75) is 6.54 Å². The minimum atomic E-state index is -0.252. The number of para-hydroxylation sites is 3. The zero-order valence-corrected chi connectivity index (χ0v) is 15.0. The number of aromatic nitrogens is 5. The molecule has 0 aliphatic rings. The summed E-state index contributed by atoms with van der Waals surface area (Å²) in [4.78, 5) is 37.4. The Morgan fingerprint density at radius 1 is 1.11 bits per heavy atom. The van der Waals surface area contributed by atoms with Crippen LogP contribution in [0.25, 0.3) is 27.6 Å². The Balaban J connectivity index is 1.52. The molecule has 3 heterocycles. The molecule has 0 saturated carbocycles. The summed E-state index contributed by atoms with van der Waals surface area (Å²) in [7, 11) is 1.69. The van der Waals surface area contributed by atoms with Crippen LogP contribution in [0.3, 0.4) is 0 Å². The standard InChI is InChI=1S/C20H16N6O2/c1-25(11-17-22-14-7-3-4-8-15(14)23-17)20(28)13-10-21-26-16-9-5-2-6-12(16)19(27)24-18(13)26/h2-10H,11H2,1H3,(H,22,23)(H,24,27). The molecule has 1 amide bonds. The van der Waals surface area contributed by atoms with Crippen LogP contribution < -0.4 is 5.56 Å². The summed E-state index contributed by atoms with van der Waals surface area (Å²) in [5, 5.41) is 4.83. The fourth-order valence-electron chi connectivity index (χ4n) is 3.42. The van der Waals surface area contributed by atoms with Crippen LogP contribution in [0.4, 0.5) is 0 Å². The van der Waals surface area contributed by atoms with E-state index in [-0.39, 0.29) is 11.5 Å². The van der Waals surface area contributed by atoms with Crippen molar-refractivity contribution in [3.05, 3.63) is 76.5 Å². The van der Waals surface area contributed by atoms with Crippen molar-refractivity contribution in [3.8, 4) is 0 Å². The van der Waals surface area contributed by atoms with Crippen molar-refractivity contribution < 1.29 is 4.79 Å². The van der Waals surface area contributed by atoms with E-state index in [9.17, 15) is 9.59 Å². The molecule has 2 N–H and O–H groups in total. The molecule has 0 fully saturated rings. The molecule has 0 aliphatic heterocycles. The van der Waals surface area contributed by atoms with Crippen LogP contribution in [-0.2, 0) is 6.54 Å². The molecule has 0 aliphatic carbocycles. The van der Waals surface area contributed by atoms with Gasteiger partial charge in [0.05, 0.1) is 34.7 Å². The van der Waals surface area contributed by atoms with Crippen molar-refractivity contribution in [2.75, 3.05) is 7.05 Å². The molecule has 3 aromatic heterocycles. The topological polar surface area (TPSA) is 99.2 Å². The quantitative estimate of drug-likeness (QED) is 0.508. The van der Waals surface area contributed by atoms with Crippen LogP contribution in [0.2, 0.25) is 0 Å². The minimum absolute atomic E-state index is 0.249. The number of imidazole rings is 1. The highest BCUT2D eigenvalue weighted by molar-refractivity contribution is 6.00. The van der Waals surface area contributed by atoms with Gasteiger partial charge in [0.15, 0.2) is 0 Å². The second-order valence-corrected chi connectivity index (χ2v) is 6.65. The first-order chi connectivity index (χ1) is 13.6. The molecule has 5 aromatic rings. The van der Waals surface area contributed by atoms with Gasteiger partial charge in [0.1, 0.15) is 17.0 Å². The van der Waals surface area contributed by atoms with Crippen LogP contribution in [0, 0.1) is 0 Å². The van der Waals surface area contributed by atoms with Gasteiger partial charge in [0, 0.05) is 7.05 Å². The van der Waals surface area contributed by atoms with Crippen LogP contribution in [0.15, 0.2) is 59.5 Å². The van der Waals surface area contributed by atoms with Gasteiger partial charge < -0.3 is 14.9 Å². The fraction of sp³-hybridized carbons (Fsp3) is 0.100. The number of carbonyl (C=O) groups excluding carboxylic acids is 1. The van der Waals surface area contributed by atoms with Gasteiger partial charge in [-0.1, -0.05) is 24.3 Å². The smallest absolute Gasteiger partial charge is 0.259 e. The van der Waals surface area contributed by atoms with Gasteiger partial charge in [0.25, 0.3) is 11.5 Å². The van der Waals surface area contributed by atoms with Gasteiger partial charge in [-0.05, 0) is 24.3 Å². The third kappa shape index (κ3) is 2.46. The lowest BCUT2D eigenvalue weighted by molar-refractivity contribution is 0.0783. The molecule has 5 rings (SSSR count). The monoisotopic (exact) mass is 372 g/mol. The average Bonchev–Trinajstić information content (AvgIpc) is 3.31. The number of benzene rings is 2. The lowest BCUT2D eigenvalue weighted by Gasteiger charge is -2.14. The number of aromatic amines is 2. The summed E-state index contributed by atoms with van der Waals surface area (Å²) < 4.78 is 1.58. The van der Waals surface area contributed by atoms with E-state index in [0.29, 0.717) is 34.5 Å². The van der Waals surface area contributed by atoms with Crippen LogP contribution in [-0.4, -0.2) is 42.4 Å². The van der Waals surface area contributed by atoms with Gasteiger partial charge in [-0.2, -0.15) is 5.10 Å². The second-order valence-electron chi connectivity index (χ2n) is 6.65. The molecule has 0 bridgehead atoms. The highest BCUT2D eigenvalue weighted by Gasteiger charge is 2.20. The van der Waals surface area contributed by atoms with E-state index in [1.165, 1.54) is 6.20 Å². The summed E-state index contributed by atoms with van der Waals surface area (Å²) in [5.74, 6) is 0.439. The zero-order chi connectivity index (χ0) is 19.3. The predicted octanol–water partition coefficient (Wildman–Crippen LogP) is 2.32. The molecule has 0 spiro atoms. The van der Waals surface area contributed by atoms with Crippen molar-refractivity contribution in [3.63, 3.8) is 0 Å². The normalized spacial score (nSPS) is 11.5. The number of carbonyl (C=O) groups is 1. The van der Waals surface area contributed by atoms with E-state index in [4.69, 9.17) is 0 Å². The lowest BCUT2D eigenvalue weighted by Crippen LogP contribution is -2.27. The summed E-state index contributed by atoms with van der Waals surface area (Å²) in [6.45, 7) is 0.308. The number of rotatable bonds is 3. The van der Waals surface area contributed by atoms with Crippen molar-refractivity contribution in [1.29, 1.82) is 0 Å². The first-order valence-corrected chi connectivity index (χ1v) is 8.79. The molecule has 0 saturated heterocycles. The number of nitrogens with one attached hydrogen (secondary N) is 2. The number of amides is 1. The maximum Gasteiger partial charge on any atom is 0.259 e. The lowest BCUT2D eigenvalue weighted by atomic mass is 10.2. The van der Waals surface area contributed by atoms with E-state index < -0.39 is 0 Å². The zero-order valence-electron chi connectivity index (χ0n) is 15.0. The van der Waals surface area contributed by atoms with E-state index in [2.05, 4.69) is 20.1 Å². The largest absolute Gasteiger partial charge is 0.340 e. The molecule has 0 atom stereocenters. The summed E-state index contributed by atoms with van der Waals surface area (Å²) in [5.41, 5.74) is 2.89. The Labute approximate surface area is 158 Å². The van der Waals surface area contributed by atoms with Gasteiger partial charge in [-0.25, -0.2) is 9.50 Å². The van der Waals surface area contributed by atoms with Crippen molar-refractivity contribution in [2.24, 2.45) is 0 Å². The Morgan fingerprint density at radius 2 is 1.89 bits per heavy atom. The molecule has 28 heavy (non-hydrogen) atoms. The summed E-state index contributed by atoms with van der Waals surface area (Å²) >= 11 is 0. The van der Waals surface area contributed by atoms with Gasteiger partial charge in [0.2, 0.25) is 0 Å². The molecule has 2 aromatic carbocycles. The predicted molar refractivity (Wildman–Crippen MR) is 105 cm³/mol. The van der Waals surface area contributed by atoms with E-state index in [1.807, 2.05) is 30.3 Å². The van der Waals surface area contributed by atoms with Crippen LogP contribution >= 0.6 is 0 Å². The summed E-state index contributed by atoms with van der Waals surface area (Å²) in [6.07, 6.45) is 1.48. The fourth-order valence-corrected chi connectivity index (χ4v) is 3.42. The molecule has 8 nitrogen and oxygen atoms in total. The van der Waals surface area contributed by atoms with Gasteiger partial charge in [-0.15, -0.1) is 0 Å². The molecule has 0 radical (unpaired) electrons. The first-order valence-electron chi connectivity index (χ1n) is 8.79. The second kappa shape index (κ2) is 6.05. The van der Waals surface area contributed by atoms with E-state index >= 15 is 0 Å². The molecule has 138 valence electrons. The third-order valence-electron chi connectivity index (χ3n) is 4.78. The van der Waals surface area contributed by atoms with Gasteiger partial charge >= 0.3 is 0 Å². The number of H-pyrrole nitrogens is 2. The minimum Gasteiger partial charge on any atom is -0.340 e. The van der Waals surface area contributed by atoms with Crippen LogP contribution in [0.5, 0.6) is 0 Å². The Hall–Kier alpha value is -3.94. The highest BCUT2D eigenvalue weighted by atomic mass is 16.2. The average molecular weight is 372 g/mol. The van der Waals surface area contributed by atoms with E-state index in [0.717, 1.165) is 11.0 Å². The maximum absolute atomic E-state index is 13.0. The van der Waals surface area contributed by atoms with E-state index in [1.54, 1.807) is 34.7 Å². The summed E-state index contributed by atoms with van der Waals surface area (Å²) in [6, 6.07) is 14.9. The Morgan fingerprint density at radius 3 is 2.75 bits per heavy atom. The molecular formula is C20H16N6O2. The Bertz CT molecular complexity index is 1380. The number of fused-ring (bicyclic) bond motifs is 4. The number of nitrogens with zero attached hydrogens (tertiary/aromatic N) is 4. The SMILES string of the molecule is CN(Cc1nc2ccccc2[nH]1)C(=O)c1cnn2c1[nH]c(=O)c1ccccc12. The maximum atomic E-state index is 13.0. The van der Waals surface area contributed by atoms with Crippen molar-refractivity contribution in [1.82, 2.24) is 29.5 Å². The molecular weight excluding hydrogens is 356 g/mol. The van der Waals surface area contributed by atoms with Crippen LogP contribution in [0.1, 0.15) is 16.2 Å². The van der Waals surface area contributed by atoms with Crippen molar-refractivity contribution >= 4 is 33.5 Å². The number of hydrogen-bond donors (Lipinski definition) is 2. The molecule has 8 heteroatoms. The Kier molecular flexibility index (Phi) is 3.51. The van der Waals surface area contributed by atoms with Gasteiger partial charge in [-0.3, -0.25) is 9.59 Å².